The van der Waals surface area contributed by atoms with Gasteiger partial charge in [0.2, 0.25) is 0 Å². The Morgan fingerprint density at radius 3 is 2.85 bits per heavy atom. The fourth-order valence-electron chi connectivity index (χ4n) is 5.18. The highest BCUT2D eigenvalue weighted by atomic mass is 19.3. The molecular weight excluding hydrogens is 446 g/mol. The van der Waals surface area contributed by atoms with E-state index in [9.17, 15) is 18.7 Å². The summed E-state index contributed by atoms with van der Waals surface area (Å²) in [6.07, 6.45) is 4.95. The highest BCUT2D eigenvalue weighted by Crippen LogP contribution is 2.59. The van der Waals surface area contributed by atoms with E-state index in [1.807, 2.05) is 16.5 Å². The summed E-state index contributed by atoms with van der Waals surface area (Å²) in [5.41, 5.74) is 3.37. The van der Waals surface area contributed by atoms with Gasteiger partial charge in [0.1, 0.15) is 5.82 Å². The molecule has 1 amide bonds. The van der Waals surface area contributed by atoms with Crippen LogP contribution in [0.3, 0.4) is 0 Å². The molecule has 3 aromatic heterocycles. The molecular formula is C22H24F2N8O2. The molecule has 2 N–H and O–H groups in total. The molecule has 3 atom stereocenters. The first kappa shape index (κ1) is 21.1. The van der Waals surface area contributed by atoms with E-state index in [1.54, 1.807) is 24.7 Å². The third-order valence-electron chi connectivity index (χ3n) is 7.23. The molecule has 2 aliphatic carbocycles. The number of aryl methyl sites for hydroxylation is 1. The molecule has 1 saturated carbocycles. The number of aliphatic hydroxyl groups is 1. The predicted molar refractivity (Wildman–Crippen MR) is 115 cm³/mol. The average Bonchev–Trinajstić information content (AvgIpc) is 3.46. The number of carbonyl (C=O) groups excluding carboxylic acids is 1. The number of aliphatic hydroxyl groups excluding tert-OH is 1. The van der Waals surface area contributed by atoms with Crippen LogP contribution < -0.4 is 10.2 Å². The Morgan fingerprint density at radius 2 is 2.09 bits per heavy atom. The van der Waals surface area contributed by atoms with Crippen molar-refractivity contribution in [2.24, 2.45) is 18.9 Å². The summed E-state index contributed by atoms with van der Waals surface area (Å²) in [6.45, 7) is 0.519. The largest absolute Gasteiger partial charge is 0.390 e. The summed E-state index contributed by atoms with van der Waals surface area (Å²) in [6, 6.07) is 3.42. The number of nitrogens with zero attached hydrogens (tertiary/aromatic N) is 7. The number of imidazole rings is 1. The monoisotopic (exact) mass is 470 g/mol. The number of halogens is 2. The van der Waals surface area contributed by atoms with Crippen molar-refractivity contribution in [2.75, 3.05) is 18.0 Å². The van der Waals surface area contributed by atoms with Gasteiger partial charge in [-0.1, -0.05) is 11.3 Å². The van der Waals surface area contributed by atoms with Crippen molar-refractivity contribution >= 4 is 11.7 Å². The van der Waals surface area contributed by atoms with Gasteiger partial charge in [0.15, 0.2) is 5.69 Å². The SMILES string of the molecule is Cn1cnc2c1CC[C@H]2NC(=O)c1cn(Cc2ccc(N3CC4C(C3)C4(F)F)nc2CO)nn1. The first-order valence-corrected chi connectivity index (χ1v) is 11.3. The minimum absolute atomic E-state index is 0.150. The zero-order valence-electron chi connectivity index (χ0n) is 18.5. The van der Waals surface area contributed by atoms with Gasteiger partial charge in [-0.3, -0.25) is 4.79 Å². The molecule has 3 aromatic rings. The molecule has 1 aliphatic heterocycles. The van der Waals surface area contributed by atoms with Crippen molar-refractivity contribution in [3.8, 4) is 0 Å². The maximum Gasteiger partial charge on any atom is 0.274 e. The number of carbonyl (C=O) groups is 1. The fourth-order valence-corrected chi connectivity index (χ4v) is 5.18. The zero-order valence-corrected chi connectivity index (χ0v) is 18.5. The van der Waals surface area contributed by atoms with Gasteiger partial charge in [-0.05, 0) is 24.5 Å². The Morgan fingerprint density at radius 1 is 1.29 bits per heavy atom. The van der Waals surface area contributed by atoms with Gasteiger partial charge in [-0.15, -0.1) is 5.10 Å². The van der Waals surface area contributed by atoms with E-state index in [2.05, 4.69) is 25.6 Å². The lowest BCUT2D eigenvalue weighted by atomic mass is 10.2. The lowest BCUT2D eigenvalue weighted by Crippen LogP contribution is -2.28. The number of amides is 1. The number of pyridine rings is 1. The van der Waals surface area contributed by atoms with Gasteiger partial charge in [0.25, 0.3) is 11.8 Å². The Hall–Kier alpha value is -3.41. The summed E-state index contributed by atoms with van der Waals surface area (Å²) in [7, 11) is 1.94. The first-order valence-electron chi connectivity index (χ1n) is 11.3. The Labute approximate surface area is 193 Å². The van der Waals surface area contributed by atoms with E-state index in [1.165, 1.54) is 4.68 Å². The highest BCUT2D eigenvalue weighted by Gasteiger charge is 2.71. The maximum atomic E-state index is 13.5. The Kier molecular flexibility index (Phi) is 4.70. The number of fused-ring (bicyclic) bond motifs is 2. The summed E-state index contributed by atoms with van der Waals surface area (Å²) in [5.74, 6) is -3.49. The molecule has 0 bridgehead atoms. The first-order chi connectivity index (χ1) is 16.3. The van der Waals surface area contributed by atoms with Crippen LogP contribution >= 0.6 is 0 Å². The van der Waals surface area contributed by atoms with Crippen molar-refractivity contribution < 1.29 is 18.7 Å². The molecule has 0 aromatic carbocycles. The van der Waals surface area contributed by atoms with Gasteiger partial charge in [-0.25, -0.2) is 23.4 Å². The van der Waals surface area contributed by atoms with Crippen LogP contribution in [0.2, 0.25) is 0 Å². The lowest BCUT2D eigenvalue weighted by molar-refractivity contribution is 0.0796. The number of alkyl halides is 2. The van der Waals surface area contributed by atoms with Crippen LogP contribution in [0, 0.1) is 11.8 Å². The minimum Gasteiger partial charge on any atom is -0.390 e. The molecule has 0 spiro atoms. The summed E-state index contributed by atoms with van der Waals surface area (Å²) >= 11 is 0. The quantitative estimate of drug-likeness (QED) is 0.554. The van der Waals surface area contributed by atoms with E-state index in [0.29, 0.717) is 17.1 Å². The number of piperidine rings is 1. The fraction of sp³-hybridized carbons (Fsp3) is 0.500. The number of hydrogen-bond donors (Lipinski definition) is 2. The van der Waals surface area contributed by atoms with Crippen LogP contribution in [0.15, 0.2) is 24.7 Å². The number of anilines is 1. The van der Waals surface area contributed by atoms with Gasteiger partial charge in [-0.2, -0.15) is 0 Å². The van der Waals surface area contributed by atoms with Crippen molar-refractivity contribution in [3.63, 3.8) is 0 Å². The van der Waals surface area contributed by atoms with E-state index in [-0.39, 0.29) is 43.9 Å². The normalized spacial score (nSPS) is 24.2. The average molecular weight is 470 g/mol. The van der Waals surface area contributed by atoms with Gasteiger partial charge < -0.3 is 19.9 Å². The lowest BCUT2D eigenvalue weighted by Gasteiger charge is -2.22. The number of hydrogen-bond acceptors (Lipinski definition) is 7. The highest BCUT2D eigenvalue weighted by molar-refractivity contribution is 5.92. The molecule has 2 unspecified atom stereocenters. The standard InChI is InChI=1S/C22H24F2N8O2/c1-30-11-25-20-15(3-4-18(20)30)27-21(34)16-9-32(29-28-16)6-12-2-5-19(26-17(12)10-33)31-7-13-14(8-31)22(13,23)24/h2,5,9,11,13-15,33H,3-4,6-8,10H2,1H3,(H,27,34)/t13?,14?,15-/m1/s1. The molecule has 0 radical (unpaired) electrons. The molecule has 1 saturated heterocycles. The van der Waals surface area contributed by atoms with E-state index in [0.717, 1.165) is 24.2 Å². The van der Waals surface area contributed by atoms with Crippen molar-refractivity contribution in [2.45, 2.75) is 38.0 Å². The van der Waals surface area contributed by atoms with Crippen LogP contribution in [-0.2, 0) is 26.6 Å². The number of aromatic nitrogens is 6. The van der Waals surface area contributed by atoms with Crippen LogP contribution in [0.25, 0.3) is 0 Å². The van der Waals surface area contributed by atoms with Crippen molar-refractivity contribution in [1.82, 2.24) is 34.8 Å². The molecule has 34 heavy (non-hydrogen) atoms. The van der Waals surface area contributed by atoms with Crippen molar-refractivity contribution in [3.05, 3.63) is 53.0 Å². The predicted octanol–water partition coefficient (Wildman–Crippen LogP) is 1.07. The zero-order chi connectivity index (χ0) is 23.6. The minimum atomic E-state index is -2.55. The third kappa shape index (κ3) is 3.35. The second kappa shape index (κ2) is 7.55. The smallest absolute Gasteiger partial charge is 0.274 e. The summed E-state index contributed by atoms with van der Waals surface area (Å²) in [4.78, 5) is 23.4. The Balaban J connectivity index is 1.12. The number of nitrogens with one attached hydrogen (secondary N) is 1. The molecule has 12 heteroatoms. The second-order valence-electron chi connectivity index (χ2n) is 9.28. The topological polar surface area (TPSA) is 114 Å². The van der Waals surface area contributed by atoms with Crippen LogP contribution in [0.4, 0.5) is 14.6 Å². The van der Waals surface area contributed by atoms with Crippen LogP contribution in [0.5, 0.6) is 0 Å². The molecule has 4 heterocycles. The molecule has 10 nitrogen and oxygen atoms in total. The van der Waals surface area contributed by atoms with Gasteiger partial charge in [0.05, 0.1) is 54.9 Å². The molecule has 2 fully saturated rings. The van der Waals surface area contributed by atoms with E-state index in [4.69, 9.17) is 0 Å². The van der Waals surface area contributed by atoms with Gasteiger partial charge in [0, 0.05) is 25.8 Å². The third-order valence-corrected chi connectivity index (χ3v) is 7.23. The van der Waals surface area contributed by atoms with Gasteiger partial charge >= 0.3 is 0 Å². The van der Waals surface area contributed by atoms with Crippen LogP contribution in [0.1, 0.15) is 45.6 Å². The molecule has 3 aliphatic rings. The second-order valence-corrected chi connectivity index (χ2v) is 9.28. The maximum absolute atomic E-state index is 13.5. The summed E-state index contributed by atoms with van der Waals surface area (Å²) < 4.78 is 30.5. The van der Waals surface area contributed by atoms with E-state index < -0.39 is 17.8 Å². The molecule has 178 valence electrons. The molecule has 6 rings (SSSR count). The van der Waals surface area contributed by atoms with Crippen molar-refractivity contribution in [1.29, 1.82) is 0 Å². The van der Waals surface area contributed by atoms with E-state index >= 15 is 0 Å². The van der Waals surface area contributed by atoms with Crippen LogP contribution in [-0.4, -0.2) is 59.6 Å². The number of rotatable bonds is 6. The Bertz CT molecular complexity index is 1260. The summed E-state index contributed by atoms with van der Waals surface area (Å²) in [5, 5.41) is 20.8.